The van der Waals surface area contributed by atoms with Gasteiger partial charge in [-0.2, -0.15) is 0 Å². The van der Waals surface area contributed by atoms with Crippen LogP contribution in [0.2, 0.25) is 0 Å². The molecule has 80 valence electrons. The lowest BCUT2D eigenvalue weighted by molar-refractivity contribution is 0.215. The Hall–Kier alpha value is -0.760. The Balaban J connectivity index is -0.000000117. The van der Waals surface area contributed by atoms with Crippen LogP contribution < -0.4 is 0 Å². The van der Waals surface area contributed by atoms with E-state index in [9.17, 15) is 0 Å². The van der Waals surface area contributed by atoms with Crippen LogP contribution in [0, 0.1) is 0 Å². The van der Waals surface area contributed by atoms with Crippen molar-refractivity contribution in [3.05, 3.63) is 24.5 Å². The largest absolute Gasteiger partial charge is 0.502 e. The molecule has 0 heterocycles. The van der Waals surface area contributed by atoms with Gasteiger partial charge in [0.15, 0.2) is 0 Å². The molecule has 0 saturated carbocycles. The van der Waals surface area contributed by atoms with Crippen molar-refractivity contribution >= 4 is 0 Å². The third-order valence-electron chi connectivity index (χ3n) is 0.637. The van der Waals surface area contributed by atoms with Crippen molar-refractivity contribution in [3.8, 4) is 0 Å². The lowest BCUT2D eigenvalue weighted by Gasteiger charge is -1.88. The third-order valence-corrected chi connectivity index (χ3v) is 0.637. The summed E-state index contributed by atoms with van der Waals surface area (Å²) in [6, 6.07) is 0. The van der Waals surface area contributed by atoms with Crippen molar-refractivity contribution in [2.45, 2.75) is 27.7 Å². The van der Waals surface area contributed by atoms with Crippen molar-refractivity contribution in [3.63, 3.8) is 0 Å². The molecule has 0 fully saturated rings. The van der Waals surface area contributed by atoms with Gasteiger partial charge in [-0.25, -0.2) is 0 Å². The van der Waals surface area contributed by atoms with Crippen LogP contribution in [0.15, 0.2) is 24.5 Å². The van der Waals surface area contributed by atoms with Gasteiger partial charge >= 0.3 is 0 Å². The highest BCUT2D eigenvalue weighted by Crippen LogP contribution is 1.80. The predicted molar refractivity (Wildman–Crippen MR) is 59.9 cm³/mol. The Labute approximate surface area is 83.2 Å². The maximum absolute atomic E-state index is 4.56. The number of ether oxygens (including phenoxy) is 2. The SMILES string of the molecule is C=C(C)C.C=C(C)OC.CCOC. The zero-order chi connectivity index (χ0) is 11.3. The van der Waals surface area contributed by atoms with Crippen LogP contribution in [0.25, 0.3) is 0 Å². The molecule has 13 heavy (non-hydrogen) atoms. The van der Waals surface area contributed by atoms with Gasteiger partial charge in [0.25, 0.3) is 0 Å². The fourth-order valence-electron chi connectivity index (χ4n) is 0. The van der Waals surface area contributed by atoms with Gasteiger partial charge < -0.3 is 9.47 Å². The second-order valence-corrected chi connectivity index (χ2v) is 2.69. The summed E-state index contributed by atoms with van der Waals surface area (Å²) in [5, 5.41) is 0. The van der Waals surface area contributed by atoms with Crippen molar-refractivity contribution < 1.29 is 9.47 Å². The van der Waals surface area contributed by atoms with E-state index in [1.54, 1.807) is 21.1 Å². The van der Waals surface area contributed by atoms with E-state index in [0.717, 1.165) is 12.4 Å². The van der Waals surface area contributed by atoms with Gasteiger partial charge in [-0.3, -0.25) is 0 Å². The van der Waals surface area contributed by atoms with Gasteiger partial charge in [-0.05, 0) is 27.7 Å². The van der Waals surface area contributed by atoms with Gasteiger partial charge in [0, 0.05) is 13.7 Å². The summed E-state index contributed by atoms with van der Waals surface area (Å²) in [6.45, 7) is 15.5. The van der Waals surface area contributed by atoms with E-state index in [0.29, 0.717) is 0 Å². The van der Waals surface area contributed by atoms with Crippen LogP contribution in [-0.2, 0) is 9.47 Å². The number of allylic oxidation sites excluding steroid dienone is 2. The molecule has 0 spiro atoms. The molecule has 0 saturated heterocycles. The lowest BCUT2D eigenvalue weighted by Crippen LogP contribution is -1.73. The Morgan fingerprint density at radius 1 is 1.08 bits per heavy atom. The molecule has 0 aromatic rings. The van der Waals surface area contributed by atoms with Gasteiger partial charge in [0.05, 0.1) is 12.9 Å². The Morgan fingerprint density at radius 3 is 1.23 bits per heavy atom. The van der Waals surface area contributed by atoms with Crippen LogP contribution in [0.4, 0.5) is 0 Å². The fraction of sp³-hybridized carbons (Fsp3) is 0.636. The van der Waals surface area contributed by atoms with Crippen molar-refractivity contribution in [1.29, 1.82) is 0 Å². The molecule has 0 bridgehead atoms. The van der Waals surface area contributed by atoms with Crippen LogP contribution >= 0.6 is 0 Å². The van der Waals surface area contributed by atoms with Crippen molar-refractivity contribution in [1.82, 2.24) is 0 Å². The first kappa shape index (κ1) is 18.1. The Bertz CT molecular complexity index is 111. The summed E-state index contributed by atoms with van der Waals surface area (Å²) >= 11 is 0. The van der Waals surface area contributed by atoms with Crippen LogP contribution in [0.3, 0.4) is 0 Å². The summed E-state index contributed by atoms with van der Waals surface area (Å²) in [7, 11) is 3.28. The molecular formula is C11H24O2. The zero-order valence-corrected chi connectivity index (χ0v) is 9.94. The van der Waals surface area contributed by atoms with E-state index in [-0.39, 0.29) is 0 Å². The molecule has 0 aliphatic rings. The summed E-state index contributed by atoms with van der Waals surface area (Å²) in [5.74, 6) is 0.755. The molecule has 0 aliphatic carbocycles. The van der Waals surface area contributed by atoms with Gasteiger partial charge in [-0.15, -0.1) is 6.58 Å². The summed E-state index contributed by atoms with van der Waals surface area (Å²) in [6.07, 6.45) is 0. The van der Waals surface area contributed by atoms with Crippen molar-refractivity contribution in [2.75, 3.05) is 20.8 Å². The molecule has 0 aromatic heterocycles. The Kier molecular flexibility index (Phi) is 24.2. The predicted octanol–water partition coefficient (Wildman–Crippen LogP) is 3.40. The average Bonchev–Trinajstić information content (AvgIpc) is 2.04. The second kappa shape index (κ2) is 17.4. The van der Waals surface area contributed by atoms with E-state index < -0.39 is 0 Å². The molecule has 2 heteroatoms. The standard InChI is InChI=1S/C4H8O.C4H8.C3H8O/c1-4(2)5-3;1-4(2)3;1-3-4-2/h1H2,2-3H3;1H2,2-3H3;3H2,1-2H3. The van der Waals surface area contributed by atoms with Gasteiger partial charge in [0.2, 0.25) is 0 Å². The van der Waals surface area contributed by atoms with Crippen LogP contribution in [0.1, 0.15) is 27.7 Å². The van der Waals surface area contributed by atoms with Crippen LogP contribution in [0.5, 0.6) is 0 Å². The van der Waals surface area contributed by atoms with E-state index in [2.05, 4.69) is 22.6 Å². The molecule has 0 aromatic carbocycles. The molecule has 0 unspecified atom stereocenters. The van der Waals surface area contributed by atoms with Crippen LogP contribution in [-0.4, -0.2) is 20.8 Å². The number of rotatable bonds is 2. The quantitative estimate of drug-likeness (QED) is 0.488. The highest BCUT2D eigenvalue weighted by Gasteiger charge is 1.65. The summed E-state index contributed by atoms with van der Waals surface area (Å²) in [4.78, 5) is 0. The number of methoxy groups -OCH3 is 2. The summed E-state index contributed by atoms with van der Waals surface area (Å²) < 4.78 is 9.10. The van der Waals surface area contributed by atoms with Gasteiger partial charge in [-0.1, -0.05) is 12.2 Å². The van der Waals surface area contributed by atoms with E-state index in [4.69, 9.17) is 0 Å². The number of hydrogen-bond donors (Lipinski definition) is 0. The topological polar surface area (TPSA) is 18.5 Å². The molecule has 0 atom stereocenters. The van der Waals surface area contributed by atoms with Gasteiger partial charge in [0.1, 0.15) is 0 Å². The third kappa shape index (κ3) is 191. The lowest BCUT2D eigenvalue weighted by atomic mass is 10.4. The van der Waals surface area contributed by atoms with E-state index in [1.807, 2.05) is 20.8 Å². The molecule has 0 aliphatic heterocycles. The first-order valence-corrected chi connectivity index (χ1v) is 4.22. The molecule has 0 radical (unpaired) electrons. The summed E-state index contributed by atoms with van der Waals surface area (Å²) in [5.41, 5.74) is 1.17. The minimum atomic E-state index is 0.755. The normalized spacial score (nSPS) is 6.92. The second-order valence-electron chi connectivity index (χ2n) is 2.69. The molecule has 0 amide bonds. The minimum Gasteiger partial charge on any atom is -0.502 e. The minimum absolute atomic E-state index is 0.755. The molecule has 0 rings (SSSR count). The highest BCUT2D eigenvalue weighted by atomic mass is 16.5. The maximum Gasteiger partial charge on any atom is 0.0853 e. The smallest absolute Gasteiger partial charge is 0.0853 e. The maximum atomic E-state index is 4.56. The highest BCUT2D eigenvalue weighted by molar-refractivity contribution is 4.78. The molecular weight excluding hydrogens is 164 g/mol. The number of hydrogen-bond acceptors (Lipinski definition) is 2. The monoisotopic (exact) mass is 188 g/mol. The average molecular weight is 188 g/mol. The molecule has 2 nitrogen and oxygen atoms in total. The first-order valence-electron chi connectivity index (χ1n) is 4.22. The first-order chi connectivity index (χ1) is 5.92. The Morgan fingerprint density at radius 2 is 1.23 bits per heavy atom. The van der Waals surface area contributed by atoms with E-state index >= 15 is 0 Å². The fourth-order valence-corrected chi connectivity index (χ4v) is 0. The molecule has 0 N–H and O–H groups in total. The zero-order valence-electron chi connectivity index (χ0n) is 9.94. The van der Waals surface area contributed by atoms with Crippen molar-refractivity contribution in [2.24, 2.45) is 0 Å². The van der Waals surface area contributed by atoms with E-state index in [1.165, 1.54) is 5.57 Å².